The summed E-state index contributed by atoms with van der Waals surface area (Å²) in [6.45, 7) is 2.01. The Morgan fingerprint density at radius 2 is 1.04 bits per heavy atom. The molecular weight excluding hydrogens is 308 g/mol. The monoisotopic (exact) mass is 330 g/mol. The summed E-state index contributed by atoms with van der Waals surface area (Å²) in [6.07, 6.45) is 13.9. The molecule has 0 saturated carbocycles. The number of benzene rings is 2. The standard InChI is InChI=1S/C21H22N4/c1-3-8-20(9-4-1)24-16-14-22(18-24)12-7-13-23-15-17-25(19-23)21-10-5-2-6-11-21/h1-6,8-11,14-19H,7,12-13H2/q+2. The normalized spacial score (nSPS) is 10.9. The second-order valence-electron chi connectivity index (χ2n) is 6.14. The van der Waals surface area contributed by atoms with Gasteiger partial charge in [-0.25, -0.2) is 18.3 Å². The van der Waals surface area contributed by atoms with E-state index in [9.17, 15) is 0 Å². The van der Waals surface area contributed by atoms with Gasteiger partial charge in [0.2, 0.25) is 12.7 Å². The lowest BCUT2D eigenvalue weighted by Crippen LogP contribution is -2.36. The number of hydrogen-bond acceptors (Lipinski definition) is 0. The highest BCUT2D eigenvalue weighted by Gasteiger charge is 2.08. The van der Waals surface area contributed by atoms with Crippen molar-refractivity contribution in [3.63, 3.8) is 0 Å². The molecule has 0 radical (unpaired) electrons. The smallest absolute Gasteiger partial charge is 0.236 e. The van der Waals surface area contributed by atoms with Crippen molar-refractivity contribution in [3.05, 3.63) is 98.1 Å². The molecular formula is C21H22N4+2. The van der Waals surface area contributed by atoms with Gasteiger partial charge in [-0.1, -0.05) is 36.4 Å². The molecule has 0 unspecified atom stereocenters. The van der Waals surface area contributed by atoms with E-state index in [1.165, 1.54) is 11.4 Å². The molecule has 4 heteroatoms. The van der Waals surface area contributed by atoms with Gasteiger partial charge in [-0.3, -0.25) is 0 Å². The fraction of sp³-hybridized carbons (Fsp3) is 0.143. The molecule has 0 aliphatic carbocycles. The van der Waals surface area contributed by atoms with Crippen molar-refractivity contribution in [2.24, 2.45) is 0 Å². The zero-order chi connectivity index (χ0) is 16.9. The first-order chi connectivity index (χ1) is 12.4. The van der Waals surface area contributed by atoms with Gasteiger partial charge in [-0.2, -0.15) is 0 Å². The molecule has 0 spiro atoms. The summed E-state index contributed by atoms with van der Waals surface area (Å²) >= 11 is 0. The number of imidazole rings is 2. The summed E-state index contributed by atoms with van der Waals surface area (Å²) in [6, 6.07) is 20.8. The van der Waals surface area contributed by atoms with E-state index >= 15 is 0 Å². The first-order valence-corrected chi connectivity index (χ1v) is 8.63. The topological polar surface area (TPSA) is 17.6 Å². The van der Waals surface area contributed by atoms with Gasteiger partial charge in [0, 0.05) is 6.42 Å². The summed E-state index contributed by atoms with van der Waals surface area (Å²) in [5.41, 5.74) is 2.38. The zero-order valence-electron chi connectivity index (χ0n) is 14.1. The maximum atomic E-state index is 2.24. The maximum Gasteiger partial charge on any atom is 0.248 e. The number of nitrogens with zero attached hydrogens (tertiary/aromatic N) is 4. The maximum absolute atomic E-state index is 2.24. The fourth-order valence-electron chi connectivity index (χ4n) is 2.99. The predicted octanol–water partition coefficient (Wildman–Crippen LogP) is 2.93. The fourth-order valence-corrected chi connectivity index (χ4v) is 2.99. The third-order valence-corrected chi connectivity index (χ3v) is 4.32. The Labute approximate surface area is 147 Å². The van der Waals surface area contributed by atoms with Crippen molar-refractivity contribution in [3.8, 4) is 11.4 Å². The number of aromatic nitrogens is 4. The lowest BCUT2D eigenvalue weighted by Gasteiger charge is -1.97. The zero-order valence-corrected chi connectivity index (χ0v) is 14.1. The molecule has 0 atom stereocenters. The minimum Gasteiger partial charge on any atom is -0.236 e. The molecule has 2 aromatic carbocycles. The third-order valence-electron chi connectivity index (χ3n) is 4.32. The Bertz CT molecular complexity index is 845. The van der Waals surface area contributed by atoms with Crippen LogP contribution in [0.2, 0.25) is 0 Å². The van der Waals surface area contributed by atoms with Crippen molar-refractivity contribution < 1.29 is 9.13 Å². The van der Waals surface area contributed by atoms with E-state index in [1.807, 2.05) is 12.1 Å². The van der Waals surface area contributed by atoms with Crippen LogP contribution in [0.4, 0.5) is 0 Å². The summed E-state index contributed by atoms with van der Waals surface area (Å²) in [5, 5.41) is 0. The molecule has 4 rings (SSSR count). The van der Waals surface area contributed by atoms with Crippen LogP contribution in [0.25, 0.3) is 11.4 Å². The largest absolute Gasteiger partial charge is 0.248 e. The van der Waals surface area contributed by atoms with Gasteiger partial charge in [0.1, 0.15) is 36.2 Å². The summed E-state index contributed by atoms with van der Waals surface area (Å²) in [7, 11) is 0. The van der Waals surface area contributed by atoms with E-state index in [4.69, 9.17) is 0 Å². The van der Waals surface area contributed by atoms with Gasteiger partial charge in [-0.05, 0) is 24.3 Å². The van der Waals surface area contributed by atoms with Crippen molar-refractivity contribution in [1.29, 1.82) is 0 Å². The van der Waals surface area contributed by atoms with Crippen molar-refractivity contribution in [2.75, 3.05) is 0 Å². The van der Waals surface area contributed by atoms with E-state index in [-0.39, 0.29) is 0 Å². The Morgan fingerprint density at radius 1 is 0.600 bits per heavy atom. The molecule has 0 N–H and O–H groups in total. The van der Waals surface area contributed by atoms with E-state index in [1.54, 1.807) is 0 Å². The molecule has 4 aromatic rings. The van der Waals surface area contributed by atoms with Crippen LogP contribution in [-0.4, -0.2) is 9.13 Å². The van der Waals surface area contributed by atoms with E-state index in [0.29, 0.717) is 0 Å². The van der Waals surface area contributed by atoms with Gasteiger partial charge in [0.15, 0.2) is 0 Å². The lowest BCUT2D eigenvalue weighted by atomic mass is 10.3. The van der Waals surface area contributed by atoms with E-state index < -0.39 is 0 Å². The molecule has 0 fully saturated rings. The number of aryl methyl sites for hydroxylation is 2. The van der Waals surface area contributed by atoms with Crippen molar-refractivity contribution in [2.45, 2.75) is 19.5 Å². The number of rotatable bonds is 6. The van der Waals surface area contributed by atoms with Crippen LogP contribution in [0, 0.1) is 0 Å². The molecule has 0 amide bonds. The van der Waals surface area contributed by atoms with Crippen LogP contribution < -0.4 is 9.13 Å². The van der Waals surface area contributed by atoms with Gasteiger partial charge in [-0.15, -0.1) is 0 Å². The summed E-state index contributed by atoms with van der Waals surface area (Å²) in [5.74, 6) is 0. The highest BCUT2D eigenvalue weighted by Crippen LogP contribution is 2.05. The van der Waals surface area contributed by atoms with Gasteiger partial charge >= 0.3 is 0 Å². The number of para-hydroxylation sites is 2. The van der Waals surface area contributed by atoms with E-state index in [2.05, 4.69) is 104 Å². The molecule has 0 bridgehead atoms. The third kappa shape index (κ3) is 3.69. The van der Waals surface area contributed by atoms with Crippen molar-refractivity contribution >= 4 is 0 Å². The number of hydrogen-bond donors (Lipinski definition) is 0. The minimum absolute atomic E-state index is 1.00. The van der Waals surface area contributed by atoms with Crippen LogP contribution >= 0.6 is 0 Å². The first kappa shape index (κ1) is 15.4. The molecule has 124 valence electrons. The Morgan fingerprint density at radius 3 is 1.48 bits per heavy atom. The van der Waals surface area contributed by atoms with Gasteiger partial charge < -0.3 is 0 Å². The summed E-state index contributed by atoms with van der Waals surface area (Å²) < 4.78 is 8.78. The van der Waals surface area contributed by atoms with Crippen LogP contribution in [-0.2, 0) is 13.1 Å². The first-order valence-electron chi connectivity index (χ1n) is 8.63. The van der Waals surface area contributed by atoms with Crippen LogP contribution in [0.5, 0.6) is 0 Å². The average molecular weight is 330 g/mol. The highest BCUT2D eigenvalue weighted by molar-refractivity contribution is 5.30. The van der Waals surface area contributed by atoms with E-state index in [0.717, 1.165) is 19.5 Å². The molecule has 0 aliphatic heterocycles. The second kappa shape index (κ2) is 7.18. The molecule has 0 aliphatic rings. The second-order valence-corrected chi connectivity index (χ2v) is 6.14. The predicted molar refractivity (Wildman–Crippen MR) is 96.5 cm³/mol. The Balaban J connectivity index is 1.34. The lowest BCUT2D eigenvalue weighted by molar-refractivity contribution is -0.726. The van der Waals surface area contributed by atoms with Crippen LogP contribution in [0.3, 0.4) is 0 Å². The molecule has 0 saturated heterocycles. The quantitative estimate of drug-likeness (QED) is 0.484. The molecule has 2 aromatic heterocycles. The molecule has 2 heterocycles. The van der Waals surface area contributed by atoms with Crippen LogP contribution in [0.15, 0.2) is 98.1 Å². The SMILES string of the molecule is c1ccc(-n2cc[n+](CCC[n+]3ccn(-c4ccccc4)c3)c2)cc1. The van der Waals surface area contributed by atoms with Gasteiger partial charge in [0.25, 0.3) is 0 Å². The molecule has 25 heavy (non-hydrogen) atoms. The Hall–Kier alpha value is -3.14. The average Bonchev–Trinajstić information content (AvgIpc) is 3.33. The summed E-state index contributed by atoms with van der Waals surface area (Å²) in [4.78, 5) is 0. The Kier molecular flexibility index (Phi) is 4.42. The minimum atomic E-state index is 1.00. The van der Waals surface area contributed by atoms with Crippen LogP contribution in [0.1, 0.15) is 6.42 Å². The highest BCUT2D eigenvalue weighted by atomic mass is 15.1. The molecule has 4 nitrogen and oxygen atoms in total. The van der Waals surface area contributed by atoms with Crippen molar-refractivity contribution in [1.82, 2.24) is 9.13 Å². The van der Waals surface area contributed by atoms with Gasteiger partial charge in [0.05, 0.1) is 13.1 Å².